The average molecular weight is 958 g/mol. The van der Waals surface area contributed by atoms with Crippen LogP contribution in [-0.2, 0) is 39.8 Å². The van der Waals surface area contributed by atoms with Crippen LogP contribution < -0.4 is 22.1 Å². The Kier molecular flexibility index (Phi) is 25.3. The molecule has 1 aliphatic rings. The molecule has 0 saturated carbocycles. The summed E-state index contributed by atoms with van der Waals surface area (Å²) in [6.07, 6.45) is 7.55. The highest BCUT2D eigenvalue weighted by atomic mass is 32.1. The molecule has 0 aliphatic carbocycles. The smallest absolute Gasteiger partial charge is 0.309 e. The molecule has 6 atom stereocenters. The first kappa shape index (κ1) is 57.2. The van der Waals surface area contributed by atoms with Gasteiger partial charge in [-0.3, -0.25) is 28.9 Å². The summed E-state index contributed by atoms with van der Waals surface area (Å²) < 4.78 is 17.2. The maximum Gasteiger partial charge on any atom is 0.309 e. The number of anilines is 1. The van der Waals surface area contributed by atoms with Crippen molar-refractivity contribution in [2.75, 3.05) is 58.3 Å². The summed E-state index contributed by atoms with van der Waals surface area (Å²) in [6, 6.07) is 5.35. The number of carbonyl (C=O) groups is 5. The van der Waals surface area contributed by atoms with Crippen LogP contribution in [0.2, 0.25) is 0 Å². The van der Waals surface area contributed by atoms with E-state index in [1.807, 2.05) is 56.9 Å². The summed E-state index contributed by atoms with van der Waals surface area (Å²) in [4.78, 5) is 77.0. The maximum atomic E-state index is 15.2. The van der Waals surface area contributed by atoms with E-state index in [2.05, 4.69) is 22.5 Å². The summed E-state index contributed by atoms with van der Waals surface area (Å²) >= 11 is 1.19. The van der Waals surface area contributed by atoms with E-state index in [1.54, 1.807) is 19.2 Å². The van der Waals surface area contributed by atoms with Crippen molar-refractivity contribution in [3.05, 3.63) is 45.9 Å². The molecule has 378 valence electrons. The van der Waals surface area contributed by atoms with E-state index in [1.165, 1.54) is 18.3 Å². The third kappa shape index (κ3) is 19.4. The molecule has 2 heterocycles. The largest absolute Gasteiger partial charge is 0.481 e. The summed E-state index contributed by atoms with van der Waals surface area (Å²) in [5.41, 5.74) is 12.0. The second-order valence-electron chi connectivity index (χ2n) is 19.1. The molecular weight excluding hydrogens is 875 g/mol. The number of ether oxygens (including phenoxy) is 3. The second-order valence-corrected chi connectivity index (χ2v) is 20.0. The molecule has 0 bridgehead atoms. The number of amides is 3. The van der Waals surface area contributed by atoms with Crippen LogP contribution in [-0.4, -0.2) is 126 Å². The fourth-order valence-electron chi connectivity index (χ4n) is 8.53. The number of aryl methyl sites for hydroxylation is 1. The van der Waals surface area contributed by atoms with E-state index < -0.39 is 53.5 Å². The van der Waals surface area contributed by atoms with Crippen molar-refractivity contribution in [1.29, 1.82) is 0 Å². The zero-order chi connectivity index (χ0) is 49.5. The molecule has 1 aromatic carbocycles. The number of piperidine rings is 1. The van der Waals surface area contributed by atoms with Crippen LogP contribution >= 0.6 is 11.3 Å². The van der Waals surface area contributed by atoms with Gasteiger partial charge >= 0.3 is 11.9 Å². The summed E-state index contributed by atoms with van der Waals surface area (Å²) in [5, 5.41) is 18.2. The molecule has 1 fully saturated rings. The van der Waals surface area contributed by atoms with E-state index in [0.717, 1.165) is 50.6 Å². The maximum absolute atomic E-state index is 15.2. The van der Waals surface area contributed by atoms with E-state index >= 15 is 4.79 Å². The fraction of sp³-hybridized carbons (Fsp3) is 0.720. The van der Waals surface area contributed by atoms with Crippen LogP contribution in [0.5, 0.6) is 0 Å². The van der Waals surface area contributed by atoms with Crippen LogP contribution in [0.15, 0.2) is 29.6 Å². The zero-order valence-electron chi connectivity index (χ0n) is 41.7. The second kappa shape index (κ2) is 29.7. The van der Waals surface area contributed by atoms with Crippen LogP contribution in [0.1, 0.15) is 153 Å². The van der Waals surface area contributed by atoms with Crippen LogP contribution in [0.3, 0.4) is 0 Å². The number of hydrogen-bond donors (Lipinski definition) is 5. The number of thiazole rings is 1. The normalized spacial score (nSPS) is 16.7. The van der Waals surface area contributed by atoms with Crippen molar-refractivity contribution >= 4 is 46.7 Å². The highest BCUT2D eigenvalue weighted by molar-refractivity contribution is 7.09. The topological polar surface area (TPSA) is 229 Å². The van der Waals surface area contributed by atoms with Crippen molar-refractivity contribution in [3.63, 3.8) is 0 Å². The molecule has 1 aliphatic heterocycles. The number of nitrogens with two attached hydrogens (primary N) is 2. The molecule has 1 saturated heterocycles. The Morgan fingerprint density at radius 2 is 1.69 bits per heavy atom. The molecule has 0 unspecified atom stereocenters. The number of carboxylic acids is 1. The Morgan fingerprint density at radius 3 is 2.31 bits per heavy atom. The minimum Gasteiger partial charge on any atom is -0.481 e. The van der Waals surface area contributed by atoms with Crippen molar-refractivity contribution in [2.45, 2.75) is 163 Å². The Balaban J connectivity index is 1.89. The van der Waals surface area contributed by atoms with Crippen LogP contribution in [0.25, 0.3) is 0 Å². The number of benzene rings is 1. The van der Waals surface area contributed by atoms with Gasteiger partial charge in [-0.2, -0.15) is 0 Å². The number of esters is 1. The number of hydrogen-bond acceptors (Lipinski definition) is 13. The minimum absolute atomic E-state index is 0.0851. The number of carboxylic acid groups (broad SMARTS) is 1. The predicted octanol–water partition coefficient (Wildman–Crippen LogP) is 6.76. The van der Waals surface area contributed by atoms with Gasteiger partial charge < -0.3 is 46.3 Å². The van der Waals surface area contributed by atoms with Gasteiger partial charge in [0.05, 0.1) is 37.9 Å². The predicted molar refractivity (Wildman–Crippen MR) is 263 cm³/mol. The van der Waals surface area contributed by atoms with Crippen molar-refractivity contribution in [1.82, 2.24) is 25.4 Å². The molecule has 1 aromatic heterocycles. The molecule has 3 rings (SSSR count). The van der Waals surface area contributed by atoms with E-state index in [0.29, 0.717) is 82.4 Å². The van der Waals surface area contributed by atoms with Gasteiger partial charge in [-0.1, -0.05) is 78.9 Å². The molecule has 16 nitrogen and oxygen atoms in total. The Labute approximate surface area is 404 Å². The lowest BCUT2D eigenvalue weighted by atomic mass is 9.84. The molecule has 7 N–H and O–H groups in total. The van der Waals surface area contributed by atoms with Crippen LogP contribution in [0.4, 0.5) is 5.69 Å². The summed E-state index contributed by atoms with van der Waals surface area (Å²) in [7, 11) is 0. The van der Waals surface area contributed by atoms with E-state index in [9.17, 15) is 24.3 Å². The number of unbranched alkanes of at least 4 members (excludes halogenated alkanes) is 3. The lowest BCUT2D eigenvalue weighted by Gasteiger charge is -2.40. The number of carbonyl (C=O) groups excluding carboxylic acids is 4. The van der Waals surface area contributed by atoms with Gasteiger partial charge in [0.2, 0.25) is 11.8 Å². The van der Waals surface area contributed by atoms with Crippen LogP contribution in [0, 0.1) is 17.3 Å². The highest BCUT2D eigenvalue weighted by Gasteiger charge is 2.39. The Bertz CT molecular complexity index is 1810. The SMILES string of the molecule is CCCCCCN(C(=O)[C@@H](NC(=O)[C@H]1CCCCN1CCOCCOCCN)[C@@H](C)CC)[C@H](C[C@@H](OC(C)=O)c1nc(C(=O)N[C@@H](CCc2ccc(N)cc2)CC(C)(C)C(=O)O)cs1)C(C)C. The van der Waals surface area contributed by atoms with Gasteiger partial charge in [-0.25, -0.2) is 4.98 Å². The molecule has 3 amide bonds. The number of nitrogens with zero attached hydrogens (tertiary/aromatic N) is 3. The van der Waals surface area contributed by atoms with Gasteiger partial charge in [0.15, 0.2) is 6.10 Å². The van der Waals surface area contributed by atoms with E-state index in [4.69, 9.17) is 30.7 Å². The number of aliphatic carboxylic acids is 1. The first-order valence-corrected chi connectivity index (χ1v) is 25.5. The number of nitrogen functional groups attached to an aromatic ring is 1. The zero-order valence-corrected chi connectivity index (χ0v) is 42.5. The van der Waals surface area contributed by atoms with Gasteiger partial charge in [0.25, 0.3) is 5.91 Å². The summed E-state index contributed by atoms with van der Waals surface area (Å²) in [6.45, 7) is 18.9. The quantitative estimate of drug-likeness (QED) is 0.0290. The minimum atomic E-state index is -1.11. The van der Waals surface area contributed by atoms with Gasteiger partial charge in [-0.05, 0) is 88.4 Å². The standard InChI is InChI=1S/C50H83N7O9S/c1-9-11-12-14-25-57(48(61)44(35(5)10-2)55-46(60)41-16-13-15-24-56(41)26-28-65-30-29-64-27-23-51)42(34(3)4)31-43(66-36(6)58)47-54-40(33-67-47)45(59)53-39(32-50(7,8)49(62)63)22-19-37-17-20-38(52)21-18-37/h17-18,20-21,33-35,39,41-44H,9-16,19,22-32,51-52H2,1-8H3,(H,53,59)(H,55,60)(H,62,63)/t35-,39-,41+,42+,43+,44-/m0/s1. The van der Waals surface area contributed by atoms with Gasteiger partial charge in [-0.15, -0.1) is 11.3 Å². The van der Waals surface area contributed by atoms with Crippen molar-refractivity contribution < 1.29 is 43.3 Å². The fourth-order valence-corrected chi connectivity index (χ4v) is 9.37. The number of aromatic nitrogens is 1. The first-order valence-electron chi connectivity index (χ1n) is 24.6. The number of likely N-dealkylation sites (tertiary alicyclic amines) is 1. The molecule has 67 heavy (non-hydrogen) atoms. The number of rotatable bonds is 32. The Hall–Kier alpha value is -4.16. The lowest BCUT2D eigenvalue weighted by molar-refractivity contribution is -0.150. The van der Waals surface area contributed by atoms with Gasteiger partial charge in [0, 0.05) is 56.1 Å². The third-order valence-electron chi connectivity index (χ3n) is 12.8. The molecule has 0 spiro atoms. The van der Waals surface area contributed by atoms with Crippen molar-refractivity contribution in [2.24, 2.45) is 23.0 Å². The third-order valence-corrected chi connectivity index (χ3v) is 13.7. The van der Waals surface area contributed by atoms with Gasteiger partial charge in [0.1, 0.15) is 16.7 Å². The molecule has 0 radical (unpaired) electrons. The molecular formula is C50H83N7O9S. The molecule has 17 heteroatoms. The summed E-state index contributed by atoms with van der Waals surface area (Å²) in [5.74, 6) is -2.55. The monoisotopic (exact) mass is 958 g/mol. The van der Waals surface area contributed by atoms with E-state index in [-0.39, 0.29) is 42.2 Å². The first-order chi connectivity index (χ1) is 31.9. The lowest BCUT2D eigenvalue weighted by Crippen LogP contribution is -2.59. The molecule has 2 aromatic rings. The Morgan fingerprint density at radius 1 is 0.985 bits per heavy atom. The average Bonchev–Trinajstić information content (AvgIpc) is 3.79. The highest BCUT2D eigenvalue weighted by Crippen LogP contribution is 2.33. The van der Waals surface area contributed by atoms with Crippen molar-refractivity contribution in [3.8, 4) is 0 Å². The number of nitrogens with one attached hydrogen (secondary N) is 2.